The van der Waals surface area contributed by atoms with Crippen LogP contribution in [0.3, 0.4) is 0 Å². The van der Waals surface area contributed by atoms with Crippen LogP contribution >= 0.6 is 0 Å². The molecule has 0 radical (unpaired) electrons. The van der Waals surface area contributed by atoms with Crippen LogP contribution in [0.1, 0.15) is 20.8 Å². The molecule has 1 N–H and O–H groups in total. The molecule has 0 atom stereocenters. The first-order valence-electron chi connectivity index (χ1n) is 6.65. The molecular weight excluding hydrogens is 240 g/mol. The third-order valence-electron chi connectivity index (χ3n) is 2.64. The molecule has 0 aromatic heterocycles. The number of nitrogens with zero attached hydrogens (tertiary/aromatic N) is 1. The van der Waals surface area contributed by atoms with E-state index in [-0.39, 0.29) is 5.60 Å². The quantitative estimate of drug-likeness (QED) is 0.830. The fourth-order valence-corrected chi connectivity index (χ4v) is 1.71. The highest BCUT2D eigenvalue weighted by Gasteiger charge is 2.08. The molecular formula is C15H24N2O2. The summed E-state index contributed by atoms with van der Waals surface area (Å²) in [5, 5.41) is 3.34. The number of rotatable bonds is 2. The van der Waals surface area contributed by atoms with Crippen LogP contribution in [0, 0.1) is 0 Å². The maximum absolute atomic E-state index is 9.60. The van der Waals surface area contributed by atoms with E-state index in [0.717, 1.165) is 26.2 Å². The van der Waals surface area contributed by atoms with E-state index in [4.69, 9.17) is 0 Å². The molecule has 19 heavy (non-hydrogen) atoms. The molecule has 1 aromatic rings. The Morgan fingerprint density at radius 2 is 1.74 bits per heavy atom. The predicted octanol–water partition coefficient (Wildman–Crippen LogP) is 2.05. The summed E-state index contributed by atoms with van der Waals surface area (Å²) in [5.41, 5.74) is 1.03. The minimum atomic E-state index is -0.318. The molecule has 2 rings (SSSR count). The van der Waals surface area contributed by atoms with Crippen LogP contribution < -0.4 is 10.2 Å². The molecule has 1 heterocycles. The number of benzene rings is 1. The summed E-state index contributed by atoms with van der Waals surface area (Å²) >= 11 is 0. The van der Waals surface area contributed by atoms with Gasteiger partial charge in [0, 0.05) is 31.9 Å². The Bertz CT molecular complexity index is 354. The SMILES string of the molecule is CC(C)(C)OC=O.c1ccc(N2CCNCC2)cc1. The van der Waals surface area contributed by atoms with Crippen molar-refractivity contribution in [1.29, 1.82) is 0 Å². The number of carbonyl (C=O) groups is 1. The summed E-state index contributed by atoms with van der Waals surface area (Å²) < 4.78 is 4.55. The lowest BCUT2D eigenvalue weighted by Crippen LogP contribution is -2.43. The molecule has 1 aromatic carbocycles. The Morgan fingerprint density at radius 1 is 1.16 bits per heavy atom. The Labute approximate surface area is 115 Å². The summed E-state index contributed by atoms with van der Waals surface area (Å²) in [6.07, 6.45) is 0. The average Bonchev–Trinajstić information content (AvgIpc) is 2.40. The van der Waals surface area contributed by atoms with Crippen LogP contribution in [-0.4, -0.2) is 38.3 Å². The van der Waals surface area contributed by atoms with Gasteiger partial charge in [-0.2, -0.15) is 0 Å². The highest BCUT2D eigenvalue weighted by atomic mass is 16.5. The van der Waals surface area contributed by atoms with Crippen LogP contribution in [0.15, 0.2) is 30.3 Å². The molecule has 106 valence electrons. The number of nitrogens with one attached hydrogen (secondary N) is 1. The van der Waals surface area contributed by atoms with E-state index in [1.807, 2.05) is 20.8 Å². The van der Waals surface area contributed by atoms with Crippen molar-refractivity contribution in [3.8, 4) is 0 Å². The lowest BCUT2D eigenvalue weighted by atomic mass is 10.2. The van der Waals surface area contributed by atoms with E-state index in [1.165, 1.54) is 5.69 Å². The Balaban J connectivity index is 0.000000224. The molecule has 1 fully saturated rings. The number of piperazine rings is 1. The van der Waals surface area contributed by atoms with Crippen molar-refractivity contribution < 1.29 is 9.53 Å². The first kappa shape index (κ1) is 15.5. The van der Waals surface area contributed by atoms with Gasteiger partial charge in [0.15, 0.2) is 0 Å². The Hall–Kier alpha value is -1.55. The lowest BCUT2D eigenvalue weighted by molar-refractivity contribution is -0.138. The van der Waals surface area contributed by atoms with E-state index in [2.05, 4.69) is 45.3 Å². The molecule has 0 aliphatic carbocycles. The third-order valence-corrected chi connectivity index (χ3v) is 2.64. The summed E-state index contributed by atoms with van der Waals surface area (Å²) in [5.74, 6) is 0. The molecule has 4 nitrogen and oxygen atoms in total. The average molecular weight is 264 g/mol. The minimum absolute atomic E-state index is 0.318. The second-order valence-electron chi connectivity index (χ2n) is 5.40. The van der Waals surface area contributed by atoms with Crippen LogP contribution in [-0.2, 0) is 9.53 Å². The minimum Gasteiger partial charge on any atom is -0.462 e. The molecule has 0 bridgehead atoms. The summed E-state index contributed by atoms with van der Waals surface area (Å²) in [4.78, 5) is 12.0. The number of ether oxygens (including phenoxy) is 1. The third kappa shape index (κ3) is 6.82. The predicted molar refractivity (Wildman–Crippen MR) is 78.4 cm³/mol. The van der Waals surface area contributed by atoms with E-state index in [0.29, 0.717) is 6.47 Å². The van der Waals surface area contributed by atoms with Crippen LogP contribution in [0.4, 0.5) is 5.69 Å². The smallest absolute Gasteiger partial charge is 0.293 e. The largest absolute Gasteiger partial charge is 0.462 e. The van der Waals surface area contributed by atoms with Gasteiger partial charge in [0.05, 0.1) is 0 Å². The Morgan fingerprint density at radius 3 is 2.16 bits per heavy atom. The zero-order valence-electron chi connectivity index (χ0n) is 12.1. The van der Waals surface area contributed by atoms with Crippen molar-refractivity contribution >= 4 is 12.2 Å². The van der Waals surface area contributed by atoms with E-state index in [9.17, 15) is 4.79 Å². The van der Waals surface area contributed by atoms with Crippen molar-refractivity contribution in [1.82, 2.24) is 5.32 Å². The molecule has 0 unspecified atom stereocenters. The van der Waals surface area contributed by atoms with Gasteiger partial charge in [0.2, 0.25) is 0 Å². The second-order valence-corrected chi connectivity index (χ2v) is 5.40. The molecule has 0 amide bonds. The lowest BCUT2D eigenvalue weighted by Gasteiger charge is -2.29. The molecule has 1 saturated heterocycles. The van der Waals surface area contributed by atoms with Crippen molar-refractivity contribution in [3.05, 3.63) is 30.3 Å². The fraction of sp³-hybridized carbons (Fsp3) is 0.533. The van der Waals surface area contributed by atoms with E-state index < -0.39 is 0 Å². The van der Waals surface area contributed by atoms with Crippen LogP contribution in [0.25, 0.3) is 0 Å². The number of carbonyl (C=O) groups excluding carboxylic acids is 1. The van der Waals surface area contributed by atoms with Gasteiger partial charge in [0.1, 0.15) is 5.60 Å². The second kappa shape index (κ2) is 7.79. The molecule has 4 heteroatoms. The maximum Gasteiger partial charge on any atom is 0.293 e. The van der Waals surface area contributed by atoms with Gasteiger partial charge in [-0.1, -0.05) is 18.2 Å². The fourth-order valence-electron chi connectivity index (χ4n) is 1.71. The van der Waals surface area contributed by atoms with Gasteiger partial charge in [-0.05, 0) is 32.9 Å². The highest BCUT2D eigenvalue weighted by molar-refractivity contribution is 5.46. The Kier molecular flexibility index (Phi) is 6.36. The van der Waals surface area contributed by atoms with E-state index in [1.54, 1.807) is 0 Å². The standard InChI is InChI=1S/C10H14N2.C5H10O2/c1-2-4-10(5-3-1)12-8-6-11-7-9-12;1-5(2,3)7-4-6/h1-5,11H,6-9H2;4H,1-3H3. The number of anilines is 1. The number of para-hydroxylation sites is 1. The first-order valence-corrected chi connectivity index (χ1v) is 6.65. The number of hydrogen-bond donors (Lipinski definition) is 1. The van der Waals surface area contributed by atoms with Gasteiger partial charge in [0.25, 0.3) is 6.47 Å². The maximum atomic E-state index is 9.60. The van der Waals surface area contributed by atoms with Gasteiger partial charge in [-0.15, -0.1) is 0 Å². The number of hydrogen-bond acceptors (Lipinski definition) is 4. The van der Waals surface area contributed by atoms with E-state index >= 15 is 0 Å². The summed E-state index contributed by atoms with van der Waals surface area (Å²) in [7, 11) is 0. The summed E-state index contributed by atoms with van der Waals surface area (Å²) in [6.45, 7) is 10.4. The zero-order valence-corrected chi connectivity index (χ0v) is 12.1. The normalized spacial score (nSPS) is 15.2. The van der Waals surface area contributed by atoms with Crippen molar-refractivity contribution in [2.45, 2.75) is 26.4 Å². The van der Waals surface area contributed by atoms with Crippen LogP contribution in [0.2, 0.25) is 0 Å². The first-order chi connectivity index (χ1) is 9.03. The van der Waals surface area contributed by atoms with Gasteiger partial charge in [-0.25, -0.2) is 0 Å². The molecule has 0 spiro atoms. The zero-order chi connectivity index (χ0) is 14.1. The van der Waals surface area contributed by atoms with Gasteiger partial charge in [-0.3, -0.25) is 4.79 Å². The van der Waals surface area contributed by atoms with Crippen molar-refractivity contribution in [2.75, 3.05) is 31.1 Å². The molecule has 1 aliphatic heterocycles. The highest BCUT2D eigenvalue weighted by Crippen LogP contribution is 2.12. The molecule has 0 saturated carbocycles. The topological polar surface area (TPSA) is 41.6 Å². The van der Waals surface area contributed by atoms with Gasteiger partial charge >= 0.3 is 0 Å². The molecule has 1 aliphatic rings. The van der Waals surface area contributed by atoms with Crippen molar-refractivity contribution in [2.24, 2.45) is 0 Å². The van der Waals surface area contributed by atoms with Crippen molar-refractivity contribution in [3.63, 3.8) is 0 Å². The monoisotopic (exact) mass is 264 g/mol. The van der Waals surface area contributed by atoms with Gasteiger partial charge < -0.3 is 15.0 Å². The van der Waals surface area contributed by atoms with Crippen LogP contribution in [0.5, 0.6) is 0 Å². The summed E-state index contributed by atoms with van der Waals surface area (Å²) in [6, 6.07) is 10.6.